The van der Waals surface area contributed by atoms with Crippen molar-refractivity contribution in [2.24, 2.45) is 0 Å². The molecule has 0 saturated heterocycles. The summed E-state index contributed by atoms with van der Waals surface area (Å²) in [6, 6.07) is 1.39. The third-order valence-corrected chi connectivity index (χ3v) is 9.13. The molecule has 25 heavy (non-hydrogen) atoms. The molecule has 0 aromatic heterocycles. The molecular weight excluding hydrogens is 344 g/mol. The third kappa shape index (κ3) is 23.9. The molecular formula is C20H44O3Si2. The maximum absolute atomic E-state index is 10.4. The molecule has 0 rings (SSSR count). The van der Waals surface area contributed by atoms with Gasteiger partial charge < -0.3 is 9.22 Å². The minimum Gasteiger partial charge on any atom is -0.481 e. The van der Waals surface area contributed by atoms with Crippen LogP contribution in [0.3, 0.4) is 0 Å². The number of aliphatic carboxylic acids is 1. The Labute approximate surface area is 161 Å². The van der Waals surface area contributed by atoms with Crippen LogP contribution in [0.15, 0.2) is 0 Å². The molecule has 150 valence electrons. The number of unbranched alkanes of at least 4 members (excludes halogenated alkanes) is 14. The van der Waals surface area contributed by atoms with Gasteiger partial charge in [-0.25, -0.2) is 0 Å². The minimum absolute atomic E-state index is 0.166. The first-order valence-corrected chi connectivity index (χ1v) is 15.3. The number of carboxylic acids is 1. The van der Waals surface area contributed by atoms with Crippen LogP contribution in [0.5, 0.6) is 0 Å². The Morgan fingerprint density at radius 3 is 1.44 bits per heavy atom. The first-order chi connectivity index (χ1) is 12.1. The van der Waals surface area contributed by atoms with Crippen molar-refractivity contribution in [3.05, 3.63) is 0 Å². The summed E-state index contributed by atoms with van der Waals surface area (Å²) >= 11 is 0. The zero-order valence-electron chi connectivity index (χ0n) is 17.1. The smallest absolute Gasteiger partial charge is 0.303 e. The van der Waals surface area contributed by atoms with Crippen molar-refractivity contribution in [3.63, 3.8) is 0 Å². The largest absolute Gasteiger partial charge is 0.481 e. The number of carbonyl (C=O) groups is 1. The Balaban J connectivity index is 2.99. The van der Waals surface area contributed by atoms with E-state index in [0.717, 1.165) is 12.8 Å². The lowest BCUT2D eigenvalue weighted by Gasteiger charge is -2.06. The molecule has 0 fully saturated rings. The van der Waals surface area contributed by atoms with Crippen LogP contribution in [0, 0.1) is 0 Å². The Bertz CT molecular complexity index is 286. The average Bonchev–Trinajstić information content (AvgIpc) is 2.56. The van der Waals surface area contributed by atoms with Gasteiger partial charge in [-0.05, 0) is 25.6 Å². The molecule has 0 saturated carbocycles. The van der Waals surface area contributed by atoms with E-state index in [0.29, 0.717) is 6.42 Å². The van der Waals surface area contributed by atoms with Gasteiger partial charge in [0.25, 0.3) is 0 Å². The Kier molecular flexibility index (Phi) is 20.1. The van der Waals surface area contributed by atoms with E-state index < -0.39 is 15.0 Å². The molecule has 0 amide bonds. The number of hydrogen-bond donors (Lipinski definition) is 1. The van der Waals surface area contributed by atoms with E-state index in [-0.39, 0.29) is 9.76 Å². The quantitative estimate of drug-likeness (QED) is 0.211. The van der Waals surface area contributed by atoms with Gasteiger partial charge in [-0.15, -0.1) is 0 Å². The fourth-order valence-electron chi connectivity index (χ4n) is 3.17. The zero-order chi connectivity index (χ0) is 18.6. The van der Waals surface area contributed by atoms with Crippen LogP contribution in [-0.4, -0.2) is 29.9 Å². The normalized spacial score (nSPS) is 11.8. The summed E-state index contributed by atoms with van der Waals surface area (Å²) in [6.45, 7) is 4.55. The maximum Gasteiger partial charge on any atom is 0.303 e. The maximum atomic E-state index is 10.4. The fraction of sp³-hybridized carbons (Fsp3) is 0.950. The van der Waals surface area contributed by atoms with E-state index in [1.807, 2.05) is 0 Å². The molecule has 0 aliphatic carbocycles. The van der Waals surface area contributed by atoms with Gasteiger partial charge in [0.05, 0.1) is 0 Å². The van der Waals surface area contributed by atoms with Gasteiger partial charge in [0.15, 0.2) is 9.04 Å². The van der Waals surface area contributed by atoms with Crippen LogP contribution in [0.2, 0.25) is 19.1 Å². The summed E-state index contributed by atoms with van der Waals surface area (Å²) in [4.78, 5) is 10.4. The molecule has 0 aliphatic rings. The monoisotopic (exact) mass is 388 g/mol. The SMILES string of the molecule is C[SiH](C)O[SiH2]CCCCCCCCCCCCCCCCCC(=O)O. The van der Waals surface area contributed by atoms with Crippen molar-refractivity contribution in [3.8, 4) is 0 Å². The molecule has 0 bridgehead atoms. The van der Waals surface area contributed by atoms with Crippen LogP contribution < -0.4 is 0 Å². The second-order valence-corrected chi connectivity index (χ2v) is 12.3. The van der Waals surface area contributed by atoms with Gasteiger partial charge in [0.2, 0.25) is 0 Å². The molecule has 0 aliphatic heterocycles. The molecule has 3 nitrogen and oxygen atoms in total. The molecule has 0 aromatic rings. The van der Waals surface area contributed by atoms with Crippen molar-refractivity contribution in [2.75, 3.05) is 0 Å². The van der Waals surface area contributed by atoms with Gasteiger partial charge >= 0.3 is 5.97 Å². The zero-order valence-corrected chi connectivity index (χ0v) is 19.6. The summed E-state index contributed by atoms with van der Waals surface area (Å²) < 4.78 is 5.83. The number of carboxylic acid groups (broad SMARTS) is 1. The first-order valence-electron chi connectivity index (χ1n) is 11.0. The molecule has 0 radical (unpaired) electrons. The molecule has 0 unspecified atom stereocenters. The van der Waals surface area contributed by atoms with Crippen LogP contribution in [0.4, 0.5) is 0 Å². The van der Waals surface area contributed by atoms with Gasteiger partial charge in [-0.2, -0.15) is 0 Å². The highest BCUT2D eigenvalue weighted by atomic mass is 28.3. The van der Waals surface area contributed by atoms with E-state index in [4.69, 9.17) is 9.22 Å². The summed E-state index contributed by atoms with van der Waals surface area (Å²) in [7, 11) is -0.894. The minimum atomic E-state index is -0.728. The third-order valence-electron chi connectivity index (χ3n) is 4.74. The highest BCUT2D eigenvalue weighted by Gasteiger charge is 1.98. The predicted octanol–water partition coefficient (Wildman–Crippen LogP) is 5.81. The van der Waals surface area contributed by atoms with Gasteiger partial charge in [0, 0.05) is 6.42 Å². The standard InChI is InChI=1S/C20H44O3Si2/c1-25(2)23-24-19-17-15-13-11-9-7-5-3-4-6-8-10-12-14-16-18-20(21)22/h25H,3-19,24H2,1-2H3,(H,21,22). The Morgan fingerprint density at radius 1 is 0.720 bits per heavy atom. The lowest BCUT2D eigenvalue weighted by Crippen LogP contribution is -2.10. The molecule has 0 heterocycles. The highest BCUT2D eigenvalue weighted by molar-refractivity contribution is 6.56. The average molecular weight is 389 g/mol. The van der Waals surface area contributed by atoms with E-state index in [1.165, 1.54) is 89.5 Å². The lowest BCUT2D eigenvalue weighted by atomic mass is 10.0. The van der Waals surface area contributed by atoms with Crippen molar-refractivity contribution >= 4 is 24.8 Å². The van der Waals surface area contributed by atoms with Crippen LogP contribution in [-0.2, 0) is 8.91 Å². The van der Waals surface area contributed by atoms with Gasteiger partial charge in [-0.1, -0.05) is 89.9 Å². The van der Waals surface area contributed by atoms with Crippen LogP contribution in [0.25, 0.3) is 0 Å². The molecule has 1 N–H and O–H groups in total. The number of hydrogen-bond acceptors (Lipinski definition) is 2. The fourth-order valence-corrected chi connectivity index (χ4v) is 6.28. The predicted molar refractivity (Wildman–Crippen MR) is 115 cm³/mol. The second kappa shape index (κ2) is 20.2. The highest BCUT2D eigenvalue weighted by Crippen LogP contribution is 2.14. The van der Waals surface area contributed by atoms with Crippen molar-refractivity contribution < 1.29 is 14.0 Å². The second-order valence-electron chi connectivity index (χ2n) is 7.72. The summed E-state index contributed by atoms with van der Waals surface area (Å²) in [5.41, 5.74) is 0. The Morgan fingerprint density at radius 2 is 1.08 bits per heavy atom. The van der Waals surface area contributed by atoms with Gasteiger partial charge in [-0.3, -0.25) is 4.79 Å². The van der Waals surface area contributed by atoms with Crippen molar-refractivity contribution in [1.29, 1.82) is 0 Å². The van der Waals surface area contributed by atoms with Crippen molar-refractivity contribution in [1.82, 2.24) is 0 Å². The van der Waals surface area contributed by atoms with E-state index in [2.05, 4.69) is 13.1 Å². The van der Waals surface area contributed by atoms with E-state index in [1.54, 1.807) is 0 Å². The summed E-state index contributed by atoms with van der Waals surface area (Å²) in [5.74, 6) is -0.653. The van der Waals surface area contributed by atoms with Crippen molar-refractivity contribution in [2.45, 2.75) is 122 Å². The molecule has 0 spiro atoms. The van der Waals surface area contributed by atoms with E-state index in [9.17, 15) is 4.79 Å². The topological polar surface area (TPSA) is 46.5 Å². The van der Waals surface area contributed by atoms with Crippen LogP contribution in [0.1, 0.15) is 103 Å². The lowest BCUT2D eigenvalue weighted by molar-refractivity contribution is -0.137. The van der Waals surface area contributed by atoms with E-state index >= 15 is 0 Å². The molecule has 5 heteroatoms. The van der Waals surface area contributed by atoms with Gasteiger partial charge in [0.1, 0.15) is 9.76 Å². The van der Waals surface area contributed by atoms with Crippen LogP contribution >= 0.6 is 0 Å². The summed E-state index contributed by atoms with van der Waals surface area (Å²) in [5, 5.41) is 8.56. The summed E-state index contributed by atoms with van der Waals surface area (Å²) in [6.07, 6.45) is 20.2. The molecule has 0 atom stereocenters. The molecule has 0 aromatic carbocycles. The first kappa shape index (κ1) is 24.9. The Hall–Kier alpha value is -0.136. The number of rotatable bonds is 20.